The van der Waals surface area contributed by atoms with Crippen LogP contribution < -0.4 is 4.74 Å². The van der Waals surface area contributed by atoms with Crippen LogP contribution in [0.15, 0.2) is 48.7 Å². The van der Waals surface area contributed by atoms with E-state index >= 15 is 0 Å². The highest BCUT2D eigenvalue weighted by Crippen LogP contribution is 2.47. The highest BCUT2D eigenvalue weighted by Gasteiger charge is 2.33. The molecule has 0 bridgehead atoms. The fourth-order valence-corrected chi connectivity index (χ4v) is 5.29. The molecule has 3 aromatic rings. The van der Waals surface area contributed by atoms with Crippen LogP contribution in [0.5, 0.6) is 11.6 Å². The van der Waals surface area contributed by atoms with Gasteiger partial charge in [0.25, 0.3) is 5.91 Å². The average Bonchev–Trinajstić information content (AvgIpc) is 3.11. The van der Waals surface area contributed by atoms with E-state index in [2.05, 4.69) is 9.97 Å². The first kappa shape index (κ1) is 22.3. The predicted molar refractivity (Wildman–Crippen MR) is 114 cm³/mol. The molecule has 7 nitrogen and oxygen atoms in total. The first-order chi connectivity index (χ1) is 15.0. The first-order valence-corrected chi connectivity index (χ1v) is 11.5. The average molecular weight is 467 g/mol. The zero-order valence-electron chi connectivity index (χ0n) is 16.9. The van der Waals surface area contributed by atoms with E-state index in [0.29, 0.717) is 29.3 Å². The second kappa shape index (κ2) is 8.23. The Kier molecular flexibility index (Phi) is 5.74. The van der Waals surface area contributed by atoms with Gasteiger partial charge in [0.05, 0.1) is 22.9 Å². The van der Waals surface area contributed by atoms with Gasteiger partial charge in [-0.2, -0.15) is 23.8 Å². The number of benzene rings is 1. The molecule has 1 unspecified atom stereocenters. The maximum absolute atomic E-state index is 12.8. The lowest BCUT2D eigenvalue weighted by Gasteiger charge is -2.29. The Morgan fingerprint density at radius 3 is 2.59 bits per heavy atom. The summed E-state index contributed by atoms with van der Waals surface area (Å²) in [5.74, 6) is 0.516. The molecular weight excluding hydrogens is 447 g/mol. The van der Waals surface area contributed by atoms with E-state index in [-0.39, 0.29) is 35.0 Å². The number of pyridine rings is 2. The summed E-state index contributed by atoms with van der Waals surface area (Å²) < 4.78 is 63.1. The van der Waals surface area contributed by atoms with Crippen LogP contribution in [-0.2, 0) is 6.18 Å². The third-order valence-corrected chi connectivity index (χ3v) is 7.08. The summed E-state index contributed by atoms with van der Waals surface area (Å²) in [4.78, 5) is 22.3. The molecule has 11 heteroatoms. The van der Waals surface area contributed by atoms with Crippen LogP contribution in [0.2, 0.25) is 0 Å². The number of ether oxygens (including phenoxy) is 1. The lowest BCUT2D eigenvalue weighted by Crippen LogP contribution is -2.37. The molecule has 1 amide bonds. The van der Waals surface area contributed by atoms with E-state index < -0.39 is 22.3 Å². The SMILES string of the molecule is CN(C(=O)c1ccc2cc(Oc3ccc(C(F)(F)F)cn3)ccc2n1)C1CCS(O)(O)C1. The van der Waals surface area contributed by atoms with E-state index in [1.165, 1.54) is 4.90 Å². The molecule has 170 valence electrons. The van der Waals surface area contributed by atoms with Gasteiger partial charge in [-0.1, -0.05) is 6.07 Å². The Balaban J connectivity index is 1.49. The fourth-order valence-electron chi connectivity index (χ4n) is 3.47. The van der Waals surface area contributed by atoms with E-state index in [9.17, 15) is 27.1 Å². The minimum absolute atomic E-state index is 0.0151. The van der Waals surface area contributed by atoms with Gasteiger partial charge in [-0.05, 0) is 36.8 Å². The molecule has 1 aliphatic heterocycles. The summed E-state index contributed by atoms with van der Waals surface area (Å²) in [5.41, 5.74) is -0.105. The highest BCUT2D eigenvalue weighted by molar-refractivity contribution is 8.24. The monoisotopic (exact) mass is 467 g/mol. The fraction of sp³-hybridized carbons (Fsp3) is 0.286. The molecule has 0 radical (unpaired) electrons. The van der Waals surface area contributed by atoms with Crippen LogP contribution in [0.25, 0.3) is 10.9 Å². The van der Waals surface area contributed by atoms with Gasteiger partial charge < -0.3 is 9.64 Å². The van der Waals surface area contributed by atoms with Crippen molar-refractivity contribution in [2.24, 2.45) is 0 Å². The van der Waals surface area contributed by atoms with Crippen LogP contribution in [0.4, 0.5) is 13.2 Å². The van der Waals surface area contributed by atoms with Crippen molar-refractivity contribution in [3.63, 3.8) is 0 Å². The van der Waals surface area contributed by atoms with Gasteiger partial charge in [0.1, 0.15) is 11.4 Å². The minimum Gasteiger partial charge on any atom is -0.439 e. The summed E-state index contributed by atoms with van der Waals surface area (Å²) in [6.07, 6.45) is -3.24. The number of hydrogen-bond donors (Lipinski definition) is 2. The lowest BCUT2D eigenvalue weighted by atomic mass is 10.1. The quantitative estimate of drug-likeness (QED) is 0.559. The van der Waals surface area contributed by atoms with E-state index in [1.807, 2.05) is 0 Å². The second-order valence-corrected chi connectivity index (χ2v) is 9.91. The number of amides is 1. The molecular formula is C21H20F3N3O4S. The second-order valence-electron chi connectivity index (χ2n) is 7.57. The third kappa shape index (κ3) is 4.79. The molecule has 2 N–H and O–H groups in total. The minimum atomic E-state index is -4.47. The van der Waals surface area contributed by atoms with Crippen molar-refractivity contribution >= 4 is 27.4 Å². The maximum atomic E-state index is 12.8. The predicted octanol–water partition coefficient (Wildman–Crippen LogP) is 5.04. The lowest BCUT2D eigenvalue weighted by molar-refractivity contribution is -0.137. The molecule has 32 heavy (non-hydrogen) atoms. The zero-order valence-corrected chi connectivity index (χ0v) is 17.7. The number of fused-ring (bicyclic) bond motifs is 1. The van der Waals surface area contributed by atoms with Crippen LogP contribution in [0.1, 0.15) is 22.5 Å². The number of carbonyl (C=O) groups is 1. The van der Waals surface area contributed by atoms with E-state index in [1.54, 1.807) is 37.4 Å². The Morgan fingerprint density at radius 2 is 1.97 bits per heavy atom. The molecule has 3 heterocycles. The third-order valence-electron chi connectivity index (χ3n) is 5.27. The number of rotatable bonds is 4. The van der Waals surface area contributed by atoms with Gasteiger partial charge in [-0.3, -0.25) is 13.9 Å². The molecule has 0 aliphatic carbocycles. The summed E-state index contributed by atoms with van der Waals surface area (Å²) in [6.45, 7) is 0. The molecule has 4 rings (SSSR count). The van der Waals surface area contributed by atoms with Gasteiger partial charge in [-0.15, -0.1) is 0 Å². The number of aromatic nitrogens is 2. The molecule has 1 aromatic carbocycles. The van der Waals surface area contributed by atoms with Gasteiger partial charge in [0.15, 0.2) is 0 Å². The molecule has 1 fully saturated rings. The van der Waals surface area contributed by atoms with Crippen molar-refractivity contribution in [2.45, 2.75) is 18.6 Å². The molecule has 1 saturated heterocycles. The van der Waals surface area contributed by atoms with Crippen LogP contribution in [0.3, 0.4) is 0 Å². The van der Waals surface area contributed by atoms with Crippen LogP contribution in [0, 0.1) is 0 Å². The number of alkyl halides is 3. The molecule has 1 atom stereocenters. The van der Waals surface area contributed by atoms with Gasteiger partial charge in [0, 0.05) is 30.4 Å². The normalized spacial score (nSPS) is 19.0. The van der Waals surface area contributed by atoms with Crippen molar-refractivity contribution in [3.05, 3.63) is 59.9 Å². The highest BCUT2D eigenvalue weighted by atomic mass is 32.3. The van der Waals surface area contributed by atoms with Gasteiger partial charge in [0.2, 0.25) is 5.88 Å². The molecule has 0 spiro atoms. The largest absolute Gasteiger partial charge is 0.439 e. The van der Waals surface area contributed by atoms with E-state index in [4.69, 9.17) is 4.74 Å². The Hall–Kier alpha value is -2.89. The van der Waals surface area contributed by atoms with Crippen LogP contribution in [-0.4, -0.2) is 54.5 Å². The molecule has 0 saturated carbocycles. The van der Waals surface area contributed by atoms with Gasteiger partial charge in [-0.25, -0.2) is 9.97 Å². The Morgan fingerprint density at radius 1 is 1.19 bits per heavy atom. The van der Waals surface area contributed by atoms with Crippen LogP contribution >= 0.6 is 10.6 Å². The Labute approximate surface area is 183 Å². The van der Waals surface area contributed by atoms with Crippen molar-refractivity contribution in [3.8, 4) is 11.6 Å². The summed E-state index contributed by atoms with van der Waals surface area (Å²) >= 11 is 0. The molecule has 1 aliphatic rings. The number of halogens is 3. The van der Waals surface area contributed by atoms with E-state index in [0.717, 1.165) is 12.1 Å². The Bertz CT molecular complexity index is 1160. The molecule has 2 aromatic heterocycles. The maximum Gasteiger partial charge on any atom is 0.417 e. The zero-order chi connectivity index (χ0) is 23.1. The summed E-state index contributed by atoms with van der Waals surface area (Å²) in [5, 5.41) is 0.670. The topological polar surface area (TPSA) is 95.8 Å². The number of carbonyl (C=O) groups excluding carboxylic acids is 1. The smallest absolute Gasteiger partial charge is 0.417 e. The first-order valence-electron chi connectivity index (χ1n) is 9.64. The summed E-state index contributed by atoms with van der Waals surface area (Å²) in [6, 6.07) is 9.90. The van der Waals surface area contributed by atoms with Crippen molar-refractivity contribution < 1.29 is 31.8 Å². The van der Waals surface area contributed by atoms with Crippen molar-refractivity contribution in [2.75, 3.05) is 18.6 Å². The van der Waals surface area contributed by atoms with Gasteiger partial charge >= 0.3 is 6.18 Å². The van der Waals surface area contributed by atoms with Crippen molar-refractivity contribution in [1.82, 2.24) is 14.9 Å². The number of hydrogen-bond acceptors (Lipinski definition) is 6. The number of nitrogens with zero attached hydrogens (tertiary/aromatic N) is 3. The standard InChI is InChI=1S/C21H20F3N3O4S/c1-27(15-8-9-32(29,30)12-15)20(28)18-5-2-13-10-16(4-6-17(13)26-18)31-19-7-3-14(11-25-19)21(22,23)24/h2-7,10-11,15,29-30H,8-9,12H2,1H3. The van der Waals surface area contributed by atoms with Crippen molar-refractivity contribution in [1.29, 1.82) is 0 Å². The summed E-state index contributed by atoms with van der Waals surface area (Å²) in [7, 11) is -1.00.